The van der Waals surface area contributed by atoms with E-state index in [0.717, 1.165) is 11.3 Å². The van der Waals surface area contributed by atoms with E-state index in [1.807, 2.05) is 0 Å². The molecule has 1 saturated heterocycles. The van der Waals surface area contributed by atoms with Gasteiger partial charge in [0.2, 0.25) is 5.91 Å². The number of aryl methyl sites for hydroxylation is 1. The van der Waals surface area contributed by atoms with Gasteiger partial charge < -0.3 is 4.90 Å². The fourth-order valence-corrected chi connectivity index (χ4v) is 2.52. The molecule has 0 saturated carbocycles. The van der Waals surface area contributed by atoms with Gasteiger partial charge >= 0.3 is 0 Å². The number of nitro benzene ring substituents is 1. The number of benzene rings is 1. The lowest BCUT2D eigenvalue weighted by Crippen LogP contribution is -2.25. The van der Waals surface area contributed by atoms with Gasteiger partial charge in [0.05, 0.1) is 4.92 Å². The highest BCUT2D eigenvalue weighted by molar-refractivity contribution is 9.09. The van der Waals surface area contributed by atoms with E-state index in [2.05, 4.69) is 15.9 Å². The number of hydrogen-bond acceptors (Lipinski definition) is 3. The van der Waals surface area contributed by atoms with Crippen molar-refractivity contribution in [1.82, 2.24) is 0 Å². The minimum absolute atomic E-state index is 0.0452. The summed E-state index contributed by atoms with van der Waals surface area (Å²) in [4.78, 5) is 23.7. The van der Waals surface area contributed by atoms with Crippen molar-refractivity contribution in [2.75, 3.05) is 11.4 Å². The van der Waals surface area contributed by atoms with Crippen LogP contribution in [0.5, 0.6) is 0 Å². The summed E-state index contributed by atoms with van der Waals surface area (Å²) >= 11 is 3.41. The minimum atomic E-state index is -0.435. The highest BCUT2D eigenvalue weighted by Crippen LogP contribution is 2.30. The van der Waals surface area contributed by atoms with Crippen molar-refractivity contribution in [3.05, 3.63) is 33.9 Å². The molecule has 0 radical (unpaired) electrons. The first-order chi connectivity index (χ1) is 7.99. The average molecular weight is 299 g/mol. The first-order valence-corrected chi connectivity index (χ1v) is 6.10. The molecule has 1 fully saturated rings. The molecule has 17 heavy (non-hydrogen) atoms. The van der Waals surface area contributed by atoms with Gasteiger partial charge in [0.15, 0.2) is 0 Å². The molecule has 0 aromatic heterocycles. The number of halogens is 1. The predicted octanol–water partition coefficient (Wildman–Crippen LogP) is 2.40. The molecule has 0 spiro atoms. The summed E-state index contributed by atoms with van der Waals surface area (Å²) in [6.45, 7) is 2.38. The Morgan fingerprint density at radius 1 is 1.53 bits per heavy atom. The summed E-state index contributed by atoms with van der Waals surface area (Å²) in [7, 11) is 0. The number of nitro groups is 1. The molecule has 1 amide bonds. The number of hydrogen-bond donors (Lipinski definition) is 0. The van der Waals surface area contributed by atoms with Crippen molar-refractivity contribution in [3.63, 3.8) is 0 Å². The predicted molar refractivity (Wildman–Crippen MR) is 67.5 cm³/mol. The third-order valence-corrected chi connectivity index (χ3v) is 3.37. The molecule has 2 rings (SSSR count). The van der Waals surface area contributed by atoms with Gasteiger partial charge in [-0.25, -0.2) is 0 Å². The van der Waals surface area contributed by atoms with Crippen molar-refractivity contribution in [2.45, 2.75) is 18.2 Å². The Kier molecular flexibility index (Phi) is 3.15. The lowest BCUT2D eigenvalue weighted by Gasteiger charge is -2.18. The van der Waals surface area contributed by atoms with Gasteiger partial charge in [-0.1, -0.05) is 15.9 Å². The summed E-state index contributed by atoms with van der Waals surface area (Å²) in [6.07, 6.45) is 0.469. The van der Waals surface area contributed by atoms with Crippen molar-refractivity contribution in [3.8, 4) is 0 Å². The SMILES string of the molecule is Cc1cc([N+](=O)[O-])ccc1N1CC(Br)CC1=O. The Hall–Kier alpha value is -1.43. The largest absolute Gasteiger partial charge is 0.311 e. The van der Waals surface area contributed by atoms with Crippen LogP contribution in [0.4, 0.5) is 11.4 Å². The summed E-state index contributed by atoms with van der Waals surface area (Å²) in [5.41, 5.74) is 1.55. The number of nitrogens with zero attached hydrogens (tertiary/aromatic N) is 2. The molecule has 1 aromatic rings. The van der Waals surface area contributed by atoms with Crippen LogP contribution in [0.15, 0.2) is 18.2 Å². The summed E-state index contributed by atoms with van der Waals surface area (Å²) in [5, 5.41) is 10.6. The van der Waals surface area contributed by atoms with Crippen LogP contribution in [0, 0.1) is 17.0 Å². The maximum absolute atomic E-state index is 11.7. The number of amides is 1. The van der Waals surface area contributed by atoms with Crippen LogP contribution in [0.1, 0.15) is 12.0 Å². The third-order valence-electron chi connectivity index (χ3n) is 2.76. The Balaban J connectivity index is 2.34. The van der Waals surface area contributed by atoms with Crippen molar-refractivity contribution in [2.24, 2.45) is 0 Å². The fourth-order valence-electron chi connectivity index (χ4n) is 1.95. The van der Waals surface area contributed by atoms with E-state index in [4.69, 9.17) is 0 Å². The van der Waals surface area contributed by atoms with Crippen LogP contribution < -0.4 is 4.90 Å². The standard InChI is InChI=1S/C11H11BrN2O3/c1-7-4-9(14(16)17)2-3-10(7)13-6-8(12)5-11(13)15/h2-4,8H,5-6H2,1H3. The van der Waals surface area contributed by atoms with Gasteiger partial charge in [0.25, 0.3) is 5.69 Å². The summed E-state index contributed by atoms with van der Waals surface area (Å²) in [6, 6.07) is 4.55. The molecule has 0 bridgehead atoms. The highest BCUT2D eigenvalue weighted by Gasteiger charge is 2.29. The average Bonchev–Trinajstić information content (AvgIpc) is 2.57. The topological polar surface area (TPSA) is 63.5 Å². The summed E-state index contributed by atoms with van der Waals surface area (Å²) in [5.74, 6) is 0.0452. The van der Waals surface area contributed by atoms with Gasteiger partial charge in [0, 0.05) is 35.6 Å². The van der Waals surface area contributed by atoms with E-state index >= 15 is 0 Å². The van der Waals surface area contributed by atoms with Crippen molar-refractivity contribution in [1.29, 1.82) is 0 Å². The van der Waals surface area contributed by atoms with Gasteiger partial charge in [0.1, 0.15) is 0 Å². The Morgan fingerprint density at radius 2 is 2.24 bits per heavy atom. The number of anilines is 1. The van der Waals surface area contributed by atoms with E-state index in [9.17, 15) is 14.9 Å². The monoisotopic (exact) mass is 298 g/mol. The van der Waals surface area contributed by atoms with Crippen molar-refractivity contribution < 1.29 is 9.72 Å². The first kappa shape index (κ1) is 12.0. The van der Waals surface area contributed by atoms with Gasteiger partial charge in [-0.15, -0.1) is 0 Å². The second kappa shape index (κ2) is 4.44. The molecule has 1 atom stereocenters. The van der Waals surface area contributed by atoms with Crippen LogP contribution in [0.2, 0.25) is 0 Å². The smallest absolute Gasteiger partial charge is 0.269 e. The van der Waals surface area contributed by atoms with Crippen LogP contribution in [-0.4, -0.2) is 22.2 Å². The number of carbonyl (C=O) groups excluding carboxylic acids is 1. The second-order valence-electron chi connectivity index (χ2n) is 4.03. The lowest BCUT2D eigenvalue weighted by atomic mass is 10.1. The minimum Gasteiger partial charge on any atom is -0.311 e. The molecular formula is C11H11BrN2O3. The number of alkyl halides is 1. The van der Waals surface area contributed by atoms with Gasteiger partial charge in [-0.05, 0) is 18.6 Å². The molecule has 1 aromatic carbocycles. The van der Waals surface area contributed by atoms with E-state index in [1.54, 1.807) is 17.9 Å². The molecule has 1 aliphatic rings. The van der Waals surface area contributed by atoms with Crippen molar-refractivity contribution >= 4 is 33.2 Å². The molecule has 5 nitrogen and oxygen atoms in total. The summed E-state index contributed by atoms with van der Waals surface area (Å²) < 4.78 is 0. The quantitative estimate of drug-likeness (QED) is 0.478. The van der Waals surface area contributed by atoms with Crippen LogP contribution >= 0.6 is 15.9 Å². The van der Waals surface area contributed by atoms with E-state index in [1.165, 1.54) is 12.1 Å². The Labute approximate surface area is 107 Å². The second-order valence-corrected chi connectivity index (χ2v) is 5.33. The van der Waals surface area contributed by atoms with Gasteiger partial charge in [-0.2, -0.15) is 0 Å². The highest BCUT2D eigenvalue weighted by atomic mass is 79.9. The number of carbonyl (C=O) groups is 1. The molecule has 0 aliphatic carbocycles. The molecular weight excluding hydrogens is 288 g/mol. The number of non-ortho nitro benzene ring substituents is 1. The maximum Gasteiger partial charge on any atom is 0.269 e. The number of rotatable bonds is 2. The van der Waals surface area contributed by atoms with Gasteiger partial charge in [-0.3, -0.25) is 14.9 Å². The Morgan fingerprint density at radius 3 is 2.71 bits per heavy atom. The zero-order chi connectivity index (χ0) is 12.6. The molecule has 1 heterocycles. The Bertz CT molecular complexity index is 490. The van der Waals surface area contributed by atoms with E-state index in [0.29, 0.717) is 13.0 Å². The lowest BCUT2D eigenvalue weighted by molar-refractivity contribution is -0.384. The van der Waals surface area contributed by atoms with Crippen LogP contribution in [0.25, 0.3) is 0 Å². The zero-order valence-corrected chi connectivity index (χ0v) is 10.8. The molecule has 1 unspecified atom stereocenters. The van der Waals surface area contributed by atoms with Crippen LogP contribution in [0.3, 0.4) is 0 Å². The third kappa shape index (κ3) is 2.31. The molecule has 0 N–H and O–H groups in total. The molecule has 1 aliphatic heterocycles. The maximum atomic E-state index is 11.7. The normalized spacial score (nSPS) is 19.8. The zero-order valence-electron chi connectivity index (χ0n) is 9.22. The van der Waals surface area contributed by atoms with E-state index < -0.39 is 4.92 Å². The first-order valence-electron chi connectivity index (χ1n) is 5.18. The molecule has 6 heteroatoms. The van der Waals surface area contributed by atoms with Crippen LogP contribution in [-0.2, 0) is 4.79 Å². The fraction of sp³-hybridized carbons (Fsp3) is 0.364. The van der Waals surface area contributed by atoms with E-state index in [-0.39, 0.29) is 16.4 Å². The molecule has 90 valence electrons.